The fraction of sp³-hybridized carbons (Fsp3) is 0.273. The SMILES string of the molecule is Cc1cc(N2CCCN(C(=O)c3ccccc3Cl)CC2)c2cccc([N+](=O)[O-])c2n1. The Bertz CT molecular complexity index is 1130. The highest BCUT2D eigenvalue weighted by molar-refractivity contribution is 6.33. The minimum absolute atomic E-state index is 0.00259. The molecule has 2 aromatic carbocycles. The number of amides is 1. The lowest BCUT2D eigenvalue weighted by atomic mass is 10.1. The van der Waals surface area contributed by atoms with E-state index in [1.165, 1.54) is 6.07 Å². The maximum Gasteiger partial charge on any atom is 0.295 e. The molecule has 0 aliphatic carbocycles. The molecule has 1 aliphatic rings. The number of carbonyl (C=O) groups excluding carboxylic acids is 1. The third-order valence-electron chi connectivity index (χ3n) is 5.35. The molecule has 0 radical (unpaired) electrons. The molecule has 7 nitrogen and oxygen atoms in total. The minimum atomic E-state index is -0.398. The van der Waals surface area contributed by atoms with Crippen molar-refractivity contribution in [3.8, 4) is 0 Å². The van der Waals surface area contributed by atoms with Crippen LogP contribution in [-0.2, 0) is 0 Å². The summed E-state index contributed by atoms with van der Waals surface area (Å²) in [5, 5.41) is 12.6. The van der Waals surface area contributed by atoms with E-state index in [1.807, 2.05) is 30.0 Å². The first-order valence-corrected chi connectivity index (χ1v) is 10.2. The van der Waals surface area contributed by atoms with Gasteiger partial charge in [0.1, 0.15) is 0 Å². The largest absolute Gasteiger partial charge is 0.369 e. The third kappa shape index (κ3) is 3.80. The standard InChI is InChI=1S/C22H21ClN4O3/c1-15-14-20(17-7-4-9-19(27(29)30)21(17)24-15)25-10-5-11-26(13-12-25)22(28)16-6-2-3-8-18(16)23/h2-4,6-9,14H,5,10-13H2,1H3. The number of aromatic nitrogens is 1. The molecule has 1 aromatic heterocycles. The number of nitrogens with zero attached hydrogens (tertiary/aromatic N) is 4. The van der Waals surface area contributed by atoms with Crippen molar-refractivity contribution in [1.29, 1.82) is 0 Å². The van der Waals surface area contributed by atoms with E-state index in [4.69, 9.17) is 11.6 Å². The Morgan fingerprint density at radius 1 is 1.10 bits per heavy atom. The minimum Gasteiger partial charge on any atom is -0.369 e. The Kier molecular flexibility index (Phi) is 5.55. The number of benzene rings is 2. The van der Waals surface area contributed by atoms with Crippen LogP contribution in [0, 0.1) is 17.0 Å². The van der Waals surface area contributed by atoms with E-state index in [1.54, 1.807) is 24.3 Å². The summed E-state index contributed by atoms with van der Waals surface area (Å²) in [7, 11) is 0. The monoisotopic (exact) mass is 424 g/mol. The van der Waals surface area contributed by atoms with Crippen LogP contribution in [0.2, 0.25) is 5.02 Å². The second-order valence-corrected chi connectivity index (χ2v) is 7.73. The van der Waals surface area contributed by atoms with Gasteiger partial charge in [0, 0.05) is 49.0 Å². The summed E-state index contributed by atoms with van der Waals surface area (Å²) in [5.74, 6) is -0.0751. The number of pyridine rings is 1. The molecule has 0 atom stereocenters. The van der Waals surface area contributed by atoms with Crippen LogP contribution in [0.15, 0.2) is 48.5 Å². The van der Waals surface area contributed by atoms with Crippen LogP contribution in [0.4, 0.5) is 11.4 Å². The van der Waals surface area contributed by atoms with E-state index in [2.05, 4.69) is 9.88 Å². The van der Waals surface area contributed by atoms with Crippen LogP contribution >= 0.6 is 11.6 Å². The molecule has 1 aliphatic heterocycles. The molecule has 154 valence electrons. The van der Waals surface area contributed by atoms with Gasteiger partial charge in [0.15, 0.2) is 5.52 Å². The smallest absolute Gasteiger partial charge is 0.295 e. The zero-order valence-corrected chi connectivity index (χ0v) is 17.3. The summed E-state index contributed by atoms with van der Waals surface area (Å²) in [4.78, 5) is 32.4. The molecule has 1 saturated heterocycles. The molecule has 8 heteroatoms. The Hall–Kier alpha value is -3.19. The van der Waals surface area contributed by atoms with Crippen LogP contribution < -0.4 is 4.90 Å². The number of carbonyl (C=O) groups is 1. The average Bonchev–Trinajstić information content (AvgIpc) is 2.98. The fourth-order valence-corrected chi connectivity index (χ4v) is 4.13. The first-order chi connectivity index (χ1) is 14.5. The molecular formula is C22H21ClN4O3. The van der Waals surface area contributed by atoms with Crippen LogP contribution in [0.25, 0.3) is 10.9 Å². The van der Waals surface area contributed by atoms with Gasteiger partial charge in [0.2, 0.25) is 0 Å². The van der Waals surface area contributed by atoms with Crippen LogP contribution in [-0.4, -0.2) is 46.9 Å². The molecule has 0 N–H and O–H groups in total. The number of para-hydroxylation sites is 1. The van der Waals surface area contributed by atoms with Gasteiger partial charge in [-0.2, -0.15) is 0 Å². The van der Waals surface area contributed by atoms with E-state index < -0.39 is 4.92 Å². The number of hydrogen-bond donors (Lipinski definition) is 0. The number of fused-ring (bicyclic) bond motifs is 1. The van der Waals surface area contributed by atoms with E-state index in [9.17, 15) is 14.9 Å². The molecule has 4 rings (SSSR count). The van der Waals surface area contributed by atoms with Gasteiger partial charge in [-0.05, 0) is 31.5 Å². The number of rotatable bonds is 3. The van der Waals surface area contributed by atoms with Crippen molar-refractivity contribution in [2.75, 3.05) is 31.1 Å². The molecular weight excluding hydrogens is 404 g/mol. The highest BCUT2D eigenvalue weighted by Gasteiger charge is 2.24. The molecule has 0 saturated carbocycles. The highest BCUT2D eigenvalue weighted by Crippen LogP contribution is 2.32. The Labute approximate surface area is 179 Å². The predicted molar refractivity (Wildman–Crippen MR) is 117 cm³/mol. The summed E-state index contributed by atoms with van der Waals surface area (Å²) in [6, 6.07) is 14.1. The van der Waals surface area contributed by atoms with Gasteiger partial charge in [-0.15, -0.1) is 0 Å². The zero-order chi connectivity index (χ0) is 21.3. The predicted octanol–water partition coefficient (Wildman–Crippen LogP) is 4.46. The van der Waals surface area contributed by atoms with E-state index >= 15 is 0 Å². The zero-order valence-electron chi connectivity index (χ0n) is 16.5. The molecule has 1 amide bonds. The lowest BCUT2D eigenvalue weighted by Gasteiger charge is -2.25. The van der Waals surface area contributed by atoms with Gasteiger partial charge in [0.25, 0.3) is 11.6 Å². The average molecular weight is 425 g/mol. The van der Waals surface area contributed by atoms with Gasteiger partial charge >= 0.3 is 0 Å². The van der Waals surface area contributed by atoms with Gasteiger partial charge < -0.3 is 9.80 Å². The number of halogens is 1. The van der Waals surface area contributed by atoms with E-state index in [0.29, 0.717) is 35.7 Å². The van der Waals surface area contributed by atoms with Crippen LogP contribution in [0.5, 0.6) is 0 Å². The van der Waals surface area contributed by atoms with Crippen LogP contribution in [0.3, 0.4) is 0 Å². The second kappa shape index (κ2) is 8.28. The van der Waals surface area contributed by atoms with E-state index in [0.717, 1.165) is 29.7 Å². The molecule has 0 spiro atoms. The van der Waals surface area contributed by atoms with Crippen molar-refractivity contribution < 1.29 is 9.72 Å². The summed E-state index contributed by atoms with van der Waals surface area (Å²) in [5.41, 5.74) is 2.54. The van der Waals surface area contributed by atoms with Crippen molar-refractivity contribution in [1.82, 2.24) is 9.88 Å². The van der Waals surface area contributed by atoms with Gasteiger partial charge in [-0.1, -0.05) is 35.9 Å². The number of anilines is 1. The van der Waals surface area contributed by atoms with Crippen molar-refractivity contribution in [3.05, 3.63) is 74.9 Å². The first kappa shape index (κ1) is 20.1. The topological polar surface area (TPSA) is 79.6 Å². The Morgan fingerprint density at radius 2 is 1.90 bits per heavy atom. The first-order valence-electron chi connectivity index (χ1n) is 9.79. The number of aryl methyl sites for hydroxylation is 1. The number of nitro groups is 1. The maximum absolute atomic E-state index is 12.9. The molecule has 1 fully saturated rings. The van der Waals surface area contributed by atoms with Gasteiger partial charge in [-0.3, -0.25) is 14.9 Å². The molecule has 30 heavy (non-hydrogen) atoms. The normalized spacial score (nSPS) is 14.6. The Morgan fingerprint density at radius 3 is 2.67 bits per heavy atom. The van der Waals surface area contributed by atoms with Crippen LogP contribution in [0.1, 0.15) is 22.5 Å². The van der Waals surface area contributed by atoms with Crippen molar-refractivity contribution in [2.24, 2.45) is 0 Å². The van der Waals surface area contributed by atoms with Crippen molar-refractivity contribution in [2.45, 2.75) is 13.3 Å². The quantitative estimate of drug-likeness (QED) is 0.458. The van der Waals surface area contributed by atoms with Gasteiger partial charge in [-0.25, -0.2) is 4.98 Å². The molecule has 2 heterocycles. The summed E-state index contributed by atoms with van der Waals surface area (Å²) >= 11 is 6.21. The van der Waals surface area contributed by atoms with Gasteiger partial charge in [0.05, 0.1) is 15.5 Å². The summed E-state index contributed by atoms with van der Waals surface area (Å²) < 4.78 is 0. The second-order valence-electron chi connectivity index (χ2n) is 7.33. The van der Waals surface area contributed by atoms with E-state index in [-0.39, 0.29) is 11.6 Å². The number of hydrogen-bond acceptors (Lipinski definition) is 5. The van der Waals surface area contributed by atoms with Crippen molar-refractivity contribution in [3.63, 3.8) is 0 Å². The lowest BCUT2D eigenvalue weighted by Crippen LogP contribution is -2.35. The molecule has 3 aromatic rings. The molecule has 0 bridgehead atoms. The lowest BCUT2D eigenvalue weighted by molar-refractivity contribution is -0.383. The number of nitro benzene ring substituents is 1. The number of non-ortho nitro benzene ring substituents is 1. The summed E-state index contributed by atoms with van der Waals surface area (Å²) in [6.07, 6.45) is 0.786. The van der Waals surface area contributed by atoms with Crippen molar-refractivity contribution >= 4 is 39.8 Å². The third-order valence-corrected chi connectivity index (χ3v) is 5.68. The molecule has 0 unspecified atom stereocenters. The fourth-order valence-electron chi connectivity index (χ4n) is 3.92. The summed E-state index contributed by atoms with van der Waals surface area (Å²) in [6.45, 7) is 4.38. The maximum atomic E-state index is 12.9. The Balaban J connectivity index is 1.63. The highest BCUT2D eigenvalue weighted by atomic mass is 35.5.